The van der Waals surface area contributed by atoms with Crippen molar-refractivity contribution >= 4 is 35.6 Å². The summed E-state index contributed by atoms with van der Waals surface area (Å²) >= 11 is 6.22. The summed E-state index contributed by atoms with van der Waals surface area (Å²) in [6.45, 7) is 14.3. The van der Waals surface area contributed by atoms with Gasteiger partial charge in [0, 0.05) is 36.6 Å². The molecule has 0 aliphatic rings. The standard InChI is InChI=1S/C32H45ClN4O6/c1-21-9-13-23(14-10-21)27(38)34-18-26(36-30(41)43-32(6,7)8)20-37(28(39)24-15-11-22(2)12-16-24)19-25(17-33)35-29(40)42-31(3,4)5/h9-16,25-26H,17-20H2,1-8H3,(H,34,38)(H,35,40)(H,36,41). The summed E-state index contributed by atoms with van der Waals surface area (Å²) < 4.78 is 10.8. The van der Waals surface area contributed by atoms with Crippen LogP contribution in [0, 0.1) is 13.8 Å². The quantitative estimate of drug-likeness (QED) is 0.298. The van der Waals surface area contributed by atoms with Gasteiger partial charge in [0.25, 0.3) is 11.8 Å². The van der Waals surface area contributed by atoms with Gasteiger partial charge >= 0.3 is 12.2 Å². The van der Waals surface area contributed by atoms with Gasteiger partial charge in [0.1, 0.15) is 11.2 Å². The third-order valence-corrected chi connectivity index (χ3v) is 6.29. The first-order chi connectivity index (χ1) is 20.0. The van der Waals surface area contributed by atoms with Crippen LogP contribution in [0.1, 0.15) is 73.4 Å². The molecule has 0 aromatic heterocycles. The molecule has 236 valence electrons. The van der Waals surface area contributed by atoms with Gasteiger partial charge in [-0.2, -0.15) is 0 Å². The number of aryl methyl sites for hydroxylation is 2. The van der Waals surface area contributed by atoms with Gasteiger partial charge in [-0.25, -0.2) is 9.59 Å². The highest BCUT2D eigenvalue weighted by molar-refractivity contribution is 6.18. The molecule has 3 N–H and O–H groups in total. The summed E-state index contributed by atoms with van der Waals surface area (Å²) in [6, 6.07) is 12.7. The third-order valence-electron chi connectivity index (χ3n) is 5.92. The van der Waals surface area contributed by atoms with E-state index in [0.717, 1.165) is 11.1 Å². The fourth-order valence-electron chi connectivity index (χ4n) is 3.92. The fraction of sp³-hybridized carbons (Fsp3) is 0.500. The molecular formula is C32H45ClN4O6. The van der Waals surface area contributed by atoms with Crippen LogP contribution >= 0.6 is 11.6 Å². The van der Waals surface area contributed by atoms with Crippen molar-refractivity contribution in [1.82, 2.24) is 20.9 Å². The lowest BCUT2D eigenvalue weighted by Gasteiger charge is -2.32. The predicted molar refractivity (Wildman–Crippen MR) is 168 cm³/mol. The van der Waals surface area contributed by atoms with Gasteiger partial charge in [-0.05, 0) is 79.7 Å². The van der Waals surface area contributed by atoms with Crippen molar-refractivity contribution in [1.29, 1.82) is 0 Å². The number of benzene rings is 2. The fourth-order valence-corrected chi connectivity index (χ4v) is 4.09. The van der Waals surface area contributed by atoms with E-state index >= 15 is 0 Å². The smallest absolute Gasteiger partial charge is 0.407 e. The first-order valence-corrected chi connectivity index (χ1v) is 14.7. The van der Waals surface area contributed by atoms with E-state index in [-0.39, 0.29) is 37.3 Å². The SMILES string of the molecule is Cc1ccc(C(=O)NCC(CN(CC(CCl)NC(=O)OC(C)(C)C)C(=O)c2ccc(C)cc2)NC(=O)OC(C)(C)C)cc1. The minimum Gasteiger partial charge on any atom is -0.444 e. The van der Waals surface area contributed by atoms with Crippen LogP contribution < -0.4 is 16.0 Å². The number of rotatable bonds is 11. The van der Waals surface area contributed by atoms with Crippen molar-refractivity contribution in [2.75, 3.05) is 25.5 Å². The molecule has 10 nitrogen and oxygen atoms in total. The average Bonchev–Trinajstić information content (AvgIpc) is 2.88. The van der Waals surface area contributed by atoms with Crippen molar-refractivity contribution in [2.45, 2.75) is 78.7 Å². The zero-order chi connectivity index (χ0) is 32.4. The second-order valence-corrected chi connectivity index (χ2v) is 12.8. The summed E-state index contributed by atoms with van der Waals surface area (Å²) in [7, 11) is 0. The maximum Gasteiger partial charge on any atom is 0.407 e. The lowest BCUT2D eigenvalue weighted by atomic mass is 10.1. The lowest BCUT2D eigenvalue weighted by molar-refractivity contribution is 0.0461. The van der Waals surface area contributed by atoms with Gasteiger partial charge in [0.2, 0.25) is 0 Å². The monoisotopic (exact) mass is 616 g/mol. The molecule has 0 spiro atoms. The van der Waals surface area contributed by atoms with Gasteiger partial charge in [0.15, 0.2) is 0 Å². The van der Waals surface area contributed by atoms with Gasteiger partial charge in [-0.15, -0.1) is 11.6 Å². The normalized spacial score (nSPS) is 12.9. The van der Waals surface area contributed by atoms with E-state index in [4.69, 9.17) is 21.1 Å². The summed E-state index contributed by atoms with van der Waals surface area (Å²) in [5.41, 5.74) is 1.37. The first-order valence-electron chi connectivity index (χ1n) is 14.2. The molecule has 4 amide bonds. The maximum atomic E-state index is 13.8. The number of alkyl carbamates (subject to hydrolysis) is 2. The molecule has 0 saturated carbocycles. The number of hydrogen-bond acceptors (Lipinski definition) is 6. The van der Waals surface area contributed by atoms with E-state index in [2.05, 4.69) is 16.0 Å². The minimum atomic E-state index is -0.766. The summed E-state index contributed by atoms with van der Waals surface area (Å²) in [5, 5.41) is 8.35. The molecule has 2 rings (SSSR count). The Balaban J connectivity index is 2.34. The highest BCUT2D eigenvalue weighted by Crippen LogP contribution is 2.12. The maximum absolute atomic E-state index is 13.8. The van der Waals surface area contributed by atoms with Gasteiger partial charge in [-0.3, -0.25) is 9.59 Å². The van der Waals surface area contributed by atoms with Crippen LogP contribution in [-0.4, -0.2) is 77.7 Å². The number of amides is 4. The van der Waals surface area contributed by atoms with E-state index in [1.807, 2.05) is 38.1 Å². The largest absolute Gasteiger partial charge is 0.444 e. The Kier molecular flexibility index (Phi) is 12.9. The molecule has 2 aromatic rings. The van der Waals surface area contributed by atoms with Crippen LogP contribution in [0.2, 0.25) is 0 Å². The van der Waals surface area contributed by atoms with Crippen molar-refractivity contribution in [2.24, 2.45) is 0 Å². The van der Waals surface area contributed by atoms with Crippen LogP contribution in [0.4, 0.5) is 9.59 Å². The number of carbonyl (C=O) groups is 4. The molecule has 0 aliphatic heterocycles. The molecule has 43 heavy (non-hydrogen) atoms. The number of nitrogens with zero attached hydrogens (tertiary/aromatic N) is 1. The molecule has 2 unspecified atom stereocenters. The Morgan fingerprint density at radius 2 is 1.14 bits per heavy atom. The van der Waals surface area contributed by atoms with E-state index in [1.54, 1.807) is 65.8 Å². The van der Waals surface area contributed by atoms with Gasteiger partial charge < -0.3 is 30.3 Å². The van der Waals surface area contributed by atoms with E-state index in [0.29, 0.717) is 11.1 Å². The summed E-state index contributed by atoms with van der Waals surface area (Å²) in [4.78, 5) is 53.4. The van der Waals surface area contributed by atoms with Crippen LogP contribution in [0.15, 0.2) is 48.5 Å². The number of halogens is 1. The number of nitrogens with one attached hydrogen (secondary N) is 3. The molecular weight excluding hydrogens is 572 g/mol. The van der Waals surface area contributed by atoms with Crippen LogP contribution in [-0.2, 0) is 9.47 Å². The summed E-state index contributed by atoms with van der Waals surface area (Å²) in [5.74, 6) is -0.690. The van der Waals surface area contributed by atoms with Gasteiger partial charge in [0.05, 0.1) is 12.1 Å². The Morgan fingerprint density at radius 1 is 0.721 bits per heavy atom. The molecule has 0 heterocycles. The van der Waals surface area contributed by atoms with Crippen molar-refractivity contribution in [3.63, 3.8) is 0 Å². The van der Waals surface area contributed by atoms with Crippen LogP contribution in [0.25, 0.3) is 0 Å². The summed E-state index contributed by atoms with van der Waals surface area (Å²) in [6.07, 6.45) is -1.37. The first kappa shape index (κ1) is 35.4. The highest BCUT2D eigenvalue weighted by Gasteiger charge is 2.28. The lowest BCUT2D eigenvalue weighted by Crippen LogP contribution is -2.55. The molecule has 0 fully saturated rings. The molecule has 2 aromatic carbocycles. The Hall–Kier alpha value is -3.79. The zero-order valence-corrected chi connectivity index (χ0v) is 27.1. The average molecular weight is 617 g/mol. The molecule has 11 heteroatoms. The van der Waals surface area contributed by atoms with Crippen LogP contribution in [0.3, 0.4) is 0 Å². The Labute approximate surface area is 259 Å². The number of hydrogen-bond donors (Lipinski definition) is 3. The Morgan fingerprint density at radius 3 is 1.58 bits per heavy atom. The molecule has 0 aliphatic carbocycles. The molecule has 2 atom stereocenters. The zero-order valence-electron chi connectivity index (χ0n) is 26.4. The van der Waals surface area contributed by atoms with Crippen molar-refractivity contribution in [3.05, 3.63) is 70.8 Å². The molecule has 0 saturated heterocycles. The minimum absolute atomic E-state index is 0.00529. The van der Waals surface area contributed by atoms with Crippen LogP contribution in [0.5, 0.6) is 0 Å². The highest BCUT2D eigenvalue weighted by atomic mass is 35.5. The Bertz CT molecular complexity index is 1240. The second kappa shape index (κ2) is 15.6. The van der Waals surface area contributed by atoms with Crippen molar-refractivity contribution < 1.29 is 28.7 Å². The number of carbonyl (C=O) groups excluding carboxylic acids is 4. The molecule has 0 bridgehead atoms. The van der Waals surface area contributed by atoms with Gasteiger partial charge in [-0.1, -0.05) is 35.4 Å². The third kappa shape index (κ3) is 13.4. The molecule has 0 radical (unpaired) electrons. The van der Waals surface area contributed by atoms with E-state index < -0.39 is 35.5 Å². The number of alkyl halides is 1. The van der Waals surface area contributed by atoms with E-state index in [9.17, 15) is 19.2 Å². The van der Waals surface area contributed by atoms with E-state index in [1.165, 1.54) is 4.90 Å². The number of ether oxygens (including phenoxy) is 2. The predicted octanol–water partition coefficient (Wildman–Crippen LogP) is 5.20. The topological polar surface area (TPSA) is 126 Å². The van der Waals surface area contributed by atoms with Crippen molar-refractivity contribution in [3.8, 4) is 0 Å². The second-order valence-electron chi connectivity index (χ2n) is 12.5.